The molecular weight excluding hydrogens is 264 g/mol. The highest BCUT2D eigenvalue weighted by atomic mass is 35.5. The minimum atomic E-state index is -0.450. The predicted molar refractivity (Wildman–Crippen MR) is 77.8 cm³/mol. The Bertz CT molecular complexity index is 450. The van der Waals surface area contributed by atoms with Crippen LogP contribution in [0.4, 0.5) is 0 Å². The van der Waals surface area contributed by atoms with Crippen LogP contribution in [0.2, 0.25) is 0 Å². The average Bonchev–Trinajstić information content (AvgIpc) is 2.38. The minimum Gasteiger partial charge on any atom is -0.463 e. The Labute approximate surface area is 118 Å². The van der Waals surface area contributed by atoms with E-state index in [-0.39, 0.29) is 5.97 Å². The van der Waals surface area contributed by atoms with Crippen LogP contribution < -0.4 is 0 Å². The van der Waals surface area contributed by atoms with Gasteiger partial charge >= 0.3 is 5.97 Å². The molecule has 0 amide bonds. The van der Waals surface area contributed by atoms with E-state index in [4.69, 9.17) is 11.6 Å². The summed E-state index contributed by atoms with van der Waals surface area (Å²) in [6.45, 7) is 7.21. The van der Waals surface area contributed by atoms with Crippen LogP contribution in [0.5, 0.6) is 0 Å². The molecular formula is C15H17ClO3. The molecule has 0 aliphatic rings. The van der Waals surface area contributed by atoms with Crippen molar-refractivity contribution >= 4 is 28.9 Å². The molecule has 0 unspecified atom stereocenters. The first kappa shape index (κ1) is 17.1. The van der Waals surface area contributed by atoms with Gasteiger partial charge in [-0.25, -0.2) is 4.79 Å². The van der Waals surface area contributed by atoms with Gasteiger partial charge in [0.2, 0.25) is 5.24 Å². The Kier molecular flexibility index (Phi) is 9.10. The number of carbonyl (C=O) groups excluding carboxylic acids is 2. The highest BCUT2D eigenvalue weighted by molar-refractivity contribution is 6.66. The summed E-state index contributed by atoms with van der Waals surface area (Å²) in [6.07, 6.45) is 3.01. The molecule has 0 bridgehead atoms. The van der Waals surface area contributed by atoms with Crippen LogP contribution in [-0.2, 0) is 14.3 Å². The van der Waals surface area contributed by atoms with Crippen molar-refractivity contribution in [2.24, 2.45) is 0 Å². The molecule has 1 aromatic rings. The Morgan fingerprint density at radius 1 is 1.32 bits per heavy atom. The predicted octanol–water partition coefficient (Wildman–Crippen LogP) is 3.59. The molecule has 102 valence electrons. The standard InChI is InChI=1S/C9H7ClO.C6H10O2/c10-9(11)7-6-8-4-2-1-3-5-8;1-4-8-6(7)5(2)3/h1-7H;2,4H2,1,3H3. The number of hydrogen-bond acceptors (Lipinski definition) is 3. The van der Waals surface area contributed by atoms with Gasteiger partial charge in [0.15, 0.2) is 0 Å². The van der Waals surface area contributed by atoms with E-state index in [9.17, 15) is 9.59 Å². The van der Waals surface area contributed by atoms with E-state index in [0.29, 0.717) is 12.2 Å². The lowest BCUT2D eigenvalue weighted by molar-refractivity contribution is -0.138. The van der Waals surface area contributed by atoms with Gasteiger partial charge in [0.25, 0.3) is 0 Å². The van der Waals surface area contributed by atoms with Crippen LogP contribution in [0.25, 0.3) is 6.08 Å². The first-order valence-electron chi connectivity index (χ1n) is 5.72. The molecule has 0 fully saturated rings. The van der Waals surface area contributed by atoms with E-state index >= 15 is 0 Å². The Balaban J connectivity index is 0.000000362. The first-order valence-corrected chi connectivity index (χ1v) is 6.10. The molecule has 0 aliphatic heterocycles. The SMILES string of the molecule is C=C(C)C(=O)OCC.O=C(Cl)C=Cc1ccccc1. The summed E-state index contributed by atoms with van der Waals surface area (Å²) in [5.74, 6) is -0.312. The summed E-state index contributed by atoms with van der Waals surface area (Å²) < 4.78 is 4.56. The maximum absolute atomic E-state index is 10.4. The zero-order valence-corrected chi connectivity index (χ0v) is 11.8. The van der Waals surface area contributed by atoms with E-state index in [1.807, 2.05) is 30.3 Å². The van der Waals surface area contributed by atoms with Gasteiger partial charge < -0.3 is 4.74 Å². The summed E-state index contributed by atoms with van der Waals surface area (Å²) in [6, 6.07) is 9.52. The van der Waals surface area contributed by atoms with Gasteiger partial charge in [0, 0.05) is 5.57 Å². The third-order valence-corrected chi connectivity index (χ3v) is 1.96. The molecule has 0 saturated carbocycles. The van der Waals surface area contributed by atoms with Gasteiger partial charge in [-0.15, -0.1) is 0 Å². The number of carbonyl (C=O) groups is 2. The first-order chi connectivity index (χ1) is 8.97. The summed E-state index contributed by atoms with van der Waals surface area (Å²) in [5.41, 5.74) is 1.42. The normalized spacial score (nSPS) is 9.42. The van der Waals surface area contributed by atoms with E-state index < -0.39 is 5.24 Å². The molecule has 19 heavy (non-hydrogen) atoms. The summed E-state index contributed by atoms with van der Waals surface area (Å²) >= 11 is 5.10. The number of ether oxygens (including phenoxy) is 1. The van der Waals surface area contributed by atoms with Crippen molar-refractivity contribution in [3.05, 3.63) is 54.1 Å². The maximum Gasteiger partial charge on any atom is 0.333 e. The lowest BCUT2D eigenvalue weighted by Crippen LogP contribution is -2.03. The number of hydrogen-bond donors (Lipinski definition) is 0. The van der Waals surface area contributed by atoms with Crippen LogP contribution in [0.15, 0.2) is 48.6 Å². The van der Waals surface area contributed by atoms with E-state index in [1.165, 1.54) is 6.08 Å². The second-order valence-electron chi connectivity index (χ2n) is 3.55. The zero-order valence-electron chi connectivity index (χ0n) is 11.1. The van der Waals surface area contributed by atoms with Gasteiger partial charge in [-0.05, 0) is 37.1 Å². The zero-order chi connectivity index (χ0) is 14.7. The van der Waals surface area contributed by atoms with E-state index in [2.05, 4.69) is 11.3 Å². The van der Waals surface area contributed by atoms with Gasteiger partial charge in [0.1, 0.15) is 0 Å². The van der Waals surface area contributed by atoms with Gasteiger partial charge in [-0.2, -0.15) is 0 Å². The highest BCUT2D eigenvalue weighted by Crippen LogP contribution is 2.01. The fraction of sp³-hybridized carbons (Fsp3) is 0.200. The smallest absolute Gasteiger partial charge is 0.333 e. The molecule has 1 aromatic carbocycles. The van der Waals surface area contributed by atoms with Crippen LogP contribution in [0.1, 0.15) is 19.4 Å². The van der Waals surface area contributed by atoms with Gasteiger partial charge in [-0.3, -0.25) is 4.79 Å². The molecule has 0 radical (unpaired) electrons. The van der Waals surface area contributed by atoms with Crippen LogP contribution in [0, 0.1) is 0 Å². The third kappa shape index (κ3) is 9.80. The minimum absolute atomic E-state index is 0.312. The van der Waals surface area contributed by atoms with Crippen molar-refractivity contribution in [2.45, 2.75) is 13.8 Å². The van der Waals surface area contributed by atoms with E-state index in [0.717, 1.165) is 5.56 Å². The van der Waals surface area contributed by atoms with Crippen molar-refractivity contribution in [1.29, 1.82) is 0 Å². The fourth-order valence-corrected chi connectivity index (χ4v) is 1.04. The van der Waals surface area contributed by atoms with Crippen molar-refractivity contribution in [1.82, 2.24) is 0 Å². The lowest BCUT2D eigenvalue weighted by atomic mass is 10.2. The molecule has 3 nitrogen and oxygen atoms in total. The Morgan fingerprint density at radius 3 is 2.26 bits per heavy atom. The van der Waals surface area contributed by atoms with Crippen LogP contribution >= 0.6 is 11.6 Å². The average molecular weight is 281 g/mol. The molecule has 0 spiro atoms. The topological polar surface area (TPSA) is 43.4 Å². The number of esters is 1. The molecule has 4 heteroatoms. The molecule has 0 aromatic heterocycles. The number of halogens is 1. The summed E-state index contributed by atoms with van der Waals surface area (Å²) in [4.78, 5) is 20.7. The quantitative estimate of drug-likeness (QED) is 0.481. The molecule has 0 atom stereocenters. The van der Waals surface area contributed by atoms with Gasteiger partial charge in [0.05, 0.1) is 6.61 Å². The van der Waals surface area contributed by atoms with Crippen LogP contribution in [0.3, 0.4) is 0 Å². The van der Waals surface area contributed by atoms with Crippen LogP contribution in [-0.4, -0.2) is 17.8 Å². The van der Waals surface area contributed by atoms with Gasteiger partial charge in [-0.1, -0.05) is 43.0 Å². The third-order valence-electron chi connectivity index (χ3n) is 1.83. The summed E-state index contributed by atoms with van der Waals surface area (Å²) in [7, 11) is 0. The molecule has 0 N–H and O–H groups in total. The lowest BCUT2D eigenvalue weighted by Gasteiger charge is -1.96. The fourth-order valence-electron chi connectivity index (χ4n) is 0.980. The molecule has 1 rings (SSSR count). The second kappa shape index (κ2) is 10.1. The molecule has 0 saturated heterocycles. The van der Waals surface area contributed by atoms with Crippen molar-refractivity contribution < 1.29 is 14.3 Å². The second-order valence-corrected chi connectivity index (χ2v) is 3.92. The number of rotatable bonds is 4. The number of allylic oxidation sites excluding steroid dienone is 1. The number of benzene rings is 1. The molecule has 0 heterocycles. The van der Waals surface area contributed by atoms with Crippen molar-refractivity contribution in [3.8, 4) is 0 Å². The Morgan fingerprint density at radius 2 is 1.89 bits per heavy atom. The summed E-state index contributed by atoms with van der Waals surface area (Å²) in [5, 5.41) is -0.450. The largest absolute Gasteiger partial charge is 0.463 e. The van der Waals surface area contributed by atoms with Crippen molar-refractivity contribution in [3.63, 3.8) is 0 Å². The Hall–Kier alpha value is -1.87. The highest BCUT2D eigenvalue weighted by Gasteiger charge is 1.98. The maximum atomic E-state index is 10.4. The van der Waals surface area contributed by atoms with Crippen molar-refractivity contribution in [2.75, 3.05) is 6.61 Å². The molecule has 0 aliphatic carbocycles. The monoisotopic (exact) mass is 280 g/mol. The van der Waals surface area contributed by atoms with E-state index in [1.54, 1.807) is 19.9 Å².